The van der Waals surface area contributed by atoms with Crippen molar-refractivity contribution in [1.29, 1.82) is 0 Å². The number of aromatic hydroxyl groups is 1. The van der Waals surface area contributed by atoms with Crippen molar-refractivity contribution in [1.82, 2.24) is 10.2 Å². The highest BCUT2D eigenvalue weighted by atomic mass is 79.9. The predicted octanol–water partition coefficient (Wildman–Crippen LogP) is 1.00. The van der Waals surface area contributed by atoms with Crippen molar-refractivity contribution in [2.24, 2.45) is 0 Å². The summed E-state index contributed by atoms with van der Waals surface area (Å²) in [4.78, 5) is 12.4. The number of hydrogen-bond donors (Lipinski definition) is 3. The summed E-state index contributed by atoms with van der Waals surface area (Å²) in [6.07, 6.45) is 0. The van der Waals surface area contributed by atoms with Gasteiger partial charge in [0, 0.05) is 43.9 Å². The van der Waals surface area contributed by atoms with Gasteiger partial charge in [0.05, 0.1) is 22.0 Å². The number of nitro groups is 1. The normalized spacial score (nSPS) is 17.9. The third-order valence-corrected chi connectivity index (χ3v) is 4.02. The smallest absolute Gasteiger partial charge is 0.271 e. The summed E-state index contributed by atoms with van der Waals surface area (Å²) < 4.78 is 0.260. The van der Waals surface area contributed by atoms with E-state index in [1.807, 2.05) is 4.90 Å². The largest absolute Gasteiger partial charge is 0.506 e. The van der Waals surface area contributed by atoms with Gasteiger partial charge in [-0.3, -0.25) is 15.0 Å². The van der Waals surface area contributed by atoms with Gasteiger partial charge in [0.1, 0.15) is 5.75 Å². The number of aliphatic hydroxyl groups excluding tert-OH is 1. The van der Waals surface area contributed by atoms with Gasteiger partial charge in [-0.05, 0) is 15.9 Å². The Hall–Kier alpha value is -1.22. The van der Waals surface area contributed by atoms with Crippen molar-refractivity contribution in [2.75, 3.05) is 32.8 Å². The SMILES string of the molecule is O=[N+]([O-])c1cc(Br)c(O)c([C@@H](CO)N2CCNCC2)c1. The van der Waals surface area contributed by atoms with E-state index in [9.17, 15) is 20.3 Å². The Labute approximate surface area is 124 Å². The Morgan fingerprint density at radius 2 is 2.10 bits per heavy atom. The zero-order valence-corrected chi connectivity index (χ0v) is 12.3. The number of rotatable bonds is 4. The molecular weight excluding hydrogens is 330 g/mol. The van der Waals surface area contributed by atoms with E-state index < -0.39 is 11.0 Å². The third-order valence-electron chi connectivity index (χ3n) is 3.41. The predicted molar refractivity (Wildman–Crippen MR) is 76.7 cm³/mol. The number of hydrogen-bond acceptors (Lipinski definition) is 6. The van der Waals surface area contributed by atoms with Crippen LogP contribution in [0.15, 0.2) is 16.6 Å². The summed E-state index contributed by atoms with van der Waals surface area (Å²) in [5, 5.41) is 33.8. The minimum absolute atomic E-state index is 0.0619. The van der Waals surface area contributed by atoms with E-state index in [2.05, 4.69) is 21.2 Å². The minimum Gasteiger partial charge on any atom is -0.506 e. The highest BCUT2D eigenvalue weighted by Crippen LogP contribution is 2.37. The van der Waals surface area contributed by atoms with Crippen LogP contribution in [0, 0.1) is 10.1 Å². The van der Waals surface area contributed by atoms with Crippen LogP contribution >= 0.6 is 15.9 Å². The minimum atomic E-state index is -0.514. The molecule has 1 aromatic carbocycles. The molecule has 1 saturated heterocycles. The van der Waals surface area contributed by atoms with Crippen LogP contribution in [0.2, 0.25) is 0 Å². The number of phenolic OH excluding ortho intramolecular Hbond substituents is 1. The summed E-state index contributed by atoms with van der Waals surface area (Å²) in [6.45, 7) is 2.79. The molecule has 0 aromatic heterocycles. The van der Waals surface area contributed by atoms with Crippen LogP contribution in [0.1, 0.15) is 11.6 Å². The summed E-state index contributed by atoms with van der Waals surface area (Å²) in [5.74, 6) is -0.0619. The second-order valence-electron chi connectivity index (χ2n) is 4.61. The first-order chi connectivity index (χ1) is 9.54. The fraction of sp³-hybridized carbons (Fsp3) is 0.500. The Bertz CT molecular complexity index is 506. The number of nitrogens with one attached hydrogen (secondary N) is 1. The van der Waals surface area contributed by atoms with Gasteiger partial charge in [0.2, 0.25) is 0 Å². The van der Waals surface area contributed by atoms with E-state index in [0.29, 0.717) is 18.7 Å². The molecule has 1 aliphatic rings. The topological polar surface area (TPSA) is 98.9 Å². The Balaban J connectivity index is 2.39. The maximum absolute atomic E-state index is 10.9. The van der Waals surface area contributed by atoms with Crippen molar-refractivity contribution in [3.8, 4) is 5.75 Å². The lowest BCUT2D eigenvalue weighted by Gasteiger charge is -2.34. The van der Waals surface area contributed by atoms with E-state index >= 15 is 0 Å². The molecule has 0 saturated carbocycles. The zero-order valence-electron chi connectivity index (χ0n) is 10.8. The first kappa shape index (κ1) is 15.2. The first-order valence-corrected chi connectivity index (χ1v) is 7.06. The van der Waals surface area contributed by atoms with Gasteiger partial charge < -0.3 is 15.5 Å². The number of piperazine rings is 1. The lowest BCUT2D eigenvalue weighted by Crippen LogP contribution is -2.46. The molecule has 0 bridgehead atoms. The van der Waals surface area contributed by atoms with Crippen LogP contribution in [0.5, 0.6) is 5.75 Å². The number of benzene rings is 1. The molecule has 1 heterocycles. The molecule has 3 N–H and O–H groups in total. The van der Waals surface area contributed by atoms with Crippen LogP contribution in [0.25, 0.3) is 0 Å². The van der Waals surface area contributed by atoms with Gasteiger partial charge in [-0.25, -0.2) is 0 Å². The van der Waals surface area contributed by atoms with E-state index in [1.54, 1.807) is 0 Å². The molecule has 1 fully saturated rings. The standard InChI is InChI=1S/C12H16BrN3O4/c13-10-6-8(16(19)20)5-9(12(10)18)11(7-17)15-3-1-14-2-4-15/h5-6,11,14,17-18H,1-4,7H2/t11-/m1/s1. The van der Waals surface area contributed by atoms with Crippen LogP contribution < -0.4 is 5.32 Å². The fourth-order valence-corrected chi connectivity index (χ4v) is 2.83. The second kappa shape index (κ2) is 6.49. The summed E-state index contributed by atoms with van der Waals surface area (Å²) in [7, 11) is 0. The average molecular weight is 346 g/mol. The van der Waals surface area contributed by atoms with Crippen molar-refractivity contribution in [2.45, 2.75) is 6.04 Å². The lowest BCUT2D eigenvalue weighted by molar-refractivity contribution is -0.385. The van der Waals surface area contributed by atoms with Gasteiger partial charge in [0.15, 0.2) is 0 Å². The Kier molecular flexibility index (Phi) is 4.92. The molecule has 1 aliphatic heterocycles. The molecule has 7 nitrogen and oxygen atoms in total. The highest BCUT2D eigenvalue weighted by Gasteiger charge is 2.27. The third kappa shape index (κ3) is 3.09. The molecule has 1 atom stereocenters. The number of nitrogens with zero attached hydrogens (tertiary/aromatic N) is 2. The van der Waals surface area contributed by atoms with Gasteiger partial charge in [-0.15, -0.1) is 0 Å². The maximum Gasteiger partial charge on any atom is 0.271 e. The molecule has 0 radical (unpaired) electrons. The van der Waals surface area contributed by atoms with Crippen molar-refractivity contribution in [3.63, 3.8) is 0 Å². The van der Waals surface area contributed by atoms with Gasteiger partial charge in [0.25, 0.3) is 5.69 Å². The number of non-ortho nitro benzene ring substituents is 1. The Morgan fingerprint density at radius 1 is 1.45 bits per heavy atom. The molecule has 0 aliphatic carbocycles. The highest BCUT2D eigenvalue weighted by molar-refractivity contribution is 9.10. The molecule has 8 heteroatoms. The number of halogens is 1. The number of nitro benzene ring substituents is 1. The molecule has 2 rings (SSSR count). The van der Waals surface area contributed by atoms with Crippen molar-refractivity contribution in [3.05, 3.63) is 32.3 Å². The zero-order chi connectivity index (χ0) is 14.7. The lowest BCUT2D eigenvalue weighted by atomic mass is 10.0. The van der Waals surface area contributed by atoms with Gasteiger partial charge in [-0.2, -0.15) is 0 Å². The molecule has 20 heavy (non-hydrogen) atoms. The Morgan fingerprint density at radius 3 is 2.65 bits per heavy atom. The quantitative estimate of drug-likeness (QED) is 0.556. The van der Waals surface area contributed by atoms with Crippen molar-refractivity contribution >= 4 is 21.6 Å². The molecule has 0 unspecified atom stereocenters. The van der Waals surface area contributed by atoms with Crippen LogP contribution in [-0.4, -0.2) is 52.8 Å². The van der Waals surface area contributed by atoms with E-state index in [4.69, 9.17) is 0 Å². The van der Waals surface area contributed by atoms with Gasteiger partial charge >= 0.3 is 0 Å². The summed E-state index contributed by atoms with van der Waals surface area (Å²) in [5.41, 5.74) is 0.258. The molecule has 1 aromatic rings. The van der Waals surface area contributed by atoms with Gasteiger partial charge in [-0.1, -0.05) is 0 Å². The molecule has 0 spiro atoms. The number of aliphatic hydroxyl groups is 1. The fourth-order valence-electron chi connectivity index (χ4n) is 2.37. The monoisotopic (exact) mass is 345 g/mol. The second-order valence-corrected chi connectivity index (χ2v) is 5.46. The molecule has 110 valence electrons. The van der Waals surface area contributed by atoms with Crippen molar-refractivity contribution < 1.29 is 15.1 Å². The van der Waals surface area contributed by atoms with Crippen LogP contribution in [0.3, 0.4) is 0 Å². The first-order valence-electron chi connectivity index (χ1n) is 6.27. The van der Waals surface area contributed by atoms with E-state index in [0.717, 1.165) is 13.1 Å². The summed E-state index contributed by atoms with van der Waals surface area (Å²) >= 11 is 3.12. The van der Waals surface area contributed by atoms with Crippen LogP contribution in [-0.2, 0) is 0 Å². The average Bonchev–Trinajstić information content (AvgIpc) is 2.45. The van der Waals surface area contributed by atoms with Crippen LogP contribution in [0.4, 0.5) is 5.69 Å². The number of phenols is 1. The molecular formula is C12H16BrN3O4. The van der Waals surface area contributed by atoms with E-state index in [1.165, 1.54) is 12.1 Å². The summed E-state index contributed by atoms with van der Waals surface area (Å²) in [6, 6.07) is 2.13. The molecule has 0 amide bonds. The maximum atomic E-state index is 10.9. The van der Waals surface area contributed by atoms with E-state index in [-0.39, 0.29) is 22.5 Å².